The number of hydrogen-bond donors (Lipinski definition) is 2. The predicted molar refractivity (Wildman–Crippen MR) is 222 cm³/mol. The number of para-hydroxylation sites is 1. The molecule has 2 fully saturated rings. The number of ether oxygens (including phenoxy) is 6. The highest BCUT2D eigenvalue weighted by molar-refractivity contribution is 7.89. The number of hydrogen-bond acceptors (Lipinski definition) is 13. The highest BCUT2D eigenvalue weighted by atomic mass is 32.2. The number of nitrogens with zero attached hydrogens (tertiary/aromatic N) is 2. The molecule has 3 aromatic rings. The van der Waals surface area contributed by atoms with Crippen LogP contribution in [0.15, 0.2) is 89.8 Å². The highest BCUT2D eigenvalue weighted by Gasteiger charge is 2.50. The minimum absolute atomic E-state index is 0.0161. The van der Waals surface area contributed by atoms with Crippen molar-refractivity contribution in [2.24, 2.45) is 11.8 Å². The molecule has 2 N–H and O–H groups in total. The van der Waals surface area contributed by atoms with Crippen molar-refractivity contribution in [3.05, 3.63) is 90.5 Å². The molecule has 2 aliphatic heterocycles. The monoisotopic (exact) mass is 875 g/mol. The topological polar surface area (TPSA) is 189 Å². The third-order valence-corrected chi connectivity index (χ3v) is 13.5. The van der Waals surface area contributed by atoms with E-state index in [-0.39, 0.29) is 62.4 Å². The molecule has 0 aliphatic carbocycles. The lowest BCUT2D eigenvalue weighted by Crippen LogP contribution is -2.43. The Labute approximate surface area is 353 Å². The fourth-order valence-corrected chi connectivity index (χ4v) is 10.0. The van der Waals surface area contributed by atoms with Gasteiger partial charge in [-0.25, -0.2) is 22.7 Å². The largest absolute Gasteiger partial charge is 0.497 e. The Kier molecular flexibility index (Phi) is 17.8. The van der Waals surface area contributed by atoms with Gasteiger partial charge in [-0.2, -0.15) is 4.31 Å². The maximum absolute atomic E-state index is 14.0. The molecule has 8 atom stereocenters. The lowest BCUT2D eigenvalue weighted by atomic mass is 9.96. The predicted octanol–water partition coefficient (Wildman–Crippen LogP) is 5.78. The van der Waals surface area contributed by atoms with Crippen LogP contribution in [0.2, 0.25) is 0 Å². The SMILES string of the molecule is CCOC(=O)C(COc1ccccc1)O[PH](=O)N(CC)C(NC(=O)O[C@@H]1[C@@H]2CCO[C@@H]2O[C@H]1CCC(O)CN(CC(C)C)S(=O)(=O)c1ccc(OC)cc1)c1ccccc1. The quantitative estimate of drug-likeness (QED) is 0.0663. The van der Waals surface area contributed by atoms with E-state index in [1.54, 1.807) is 80.6 Å². The first-order valence-corrected chi connectivity index (χ1v) is 23.0. The van der Waals surface area contributed by atoms with E-state index in [2.05, 4.69) is 5.32 Å². The van der Waals surface area contributed by atoms with Gasteiger partial charge in [-0.15, -0.1) is 0 Å². The summed E-state index contributed by atoms with van der Waals surface area (Å²) in [5.74, 6) is -0.0476. The molecule has 0 radical (unpaired) electrons. The van der Waals surface area contributed by atoms with Gasteiger partial charge in [0.15, 0.2) is 12.4 Å². The van der Waals surface area contributed by atoms with Gasteiger partial charge in [0.2, 0.25) is 10.0 Å². The molecule has 330 valence electrons. The van der Waals surface area contributed by atoms with Gasteiger partial charge in [-0.3, -0.25) is 4.57 Å². The molecule has 18 heteroatoms. The molecule has 4 unspecified atom stereocenters. The zero-order chi connectivity index (χ0) is 43.2. The first-order valence-electron chi connectivity index (χ1n) is 20.3. The molecular weight excluding hydrogens is 818 g/mol. The number of methoxy groups -OCH3 is 1. The number of sulfonamides is 1. The molecule has 1 amide bonds. The molecule has 0 aromatic heterocycles. The Morgan fingerprint density at radius 3 is 2.28 bits per heavy atom. The van der Waals surface area contributed by atoms with Gasteiger partial charge in [0.1, 0.15) is 30.4 Å². The Bertz CT molecular complexity index is 1930. The van der Waals surface area contributed by atoms with Crippen molar-refractivity contribution in [3.8, 4) is 11.5 Å². The molecule has 2 aliphatic rings. The summed E-state index contributed by atoms with van der Waals surface area (Å²) in [5.41, 5.74) is 0.575. The van der Waals surface area contributed by atoms with Crippen molar-refractivity contribution in [1.82, 2.24) is 14.3 Å². The van der Waals surface area contributed by atoms with Gasteiger partial charge in [-0.1, -0.05) is 69.3 Å². The molecule has 0 spiro atoms. The van der Waals surface area contributed by atoms with E-state index in [4.69, 9.17) is 32.9 Å². The summed E-state index contributed by atoms with van der Waals surface area (Å²) < 4.78 is 84.2. The van der Waals surface area contributed by atoms with E-state index >= 15 is 0 Å². The van der Waals surface area contributed by atoms with Gasteiger partial charge in [-0.05, 0) is 74.1 Å². The van der Waals surface area contributed by atoms with Crippen LogP contribution in [0.4, 0.5) is 4.79 Å². The molecular formula is C42H58N3O13PS. The molecule has 16 nitrogen and oxygen atoms in total. The van der Waals surface area contributed by atoms with Crippen LogP contribution < -0.4 is 14.8 Å². The summed E-state index contributed by atoms with van der Waals surface area (Å²) in [5, 5.41) is 14.1. The first-order chi connectivity index (χ1) is 28.8. The number of esters is 1. The van der Waals surface area contributed by atoms with E-state index in [0.717, 1.165) is 0 Å². The summed E-state index contributed by atoms with van der Waals surface area (Å²) in [6.07, 6.45) is -5.37. The second-order valence-corrected chi connectivity index (χ2v) is 18.1. The second-order valence-electron chi connectivity index (χ2n) is 14.9. The van der Waals surface area contributed by atoms with E-state index in [0.29, 0.717) is 30.1 Å². The number of aliphatic hydroxyl groups is 1. The fraction of sp³-hybridized carbons (Fsp3) is 0.524. The van der Waals surface area contributed by atoms with Crippen molar-refractivity contribution in [1.29, 1.82) is 0 Å². The van der Waals surface area contributed by atoms with Crippen LogP contribution in [0.25, 0.3) is 0 Å². The van der Waals surface area contributed by atoms with E-state index in [9.17, 15) is 27.7 Å². The number of carbonyl (C=O) groups excluding carboxylic acids is 2. The van der Waals surface area contributed by atoms with Crippen molar-refractivity contribution < 1.29 is 60.6 Å². The summed E-state index contributed by atoms with van der Waals surface area (Å²) in [7, 11) is -5.69. The average Bonchev–Trinajstić information content (AvgIpc) is 3.83. The number of carbonyl (C=O) groups is 2. The number of benzene rings is 3. The van der Waals surface area contributed by atoms with Gasteiger partial charge >= 0.3 is 12.1 Å². The van der Waals surface area contributed by atoms with E-state index < -0.39 is 67.1 Å². The zero-order valence-corrected chi connectivity index (χ0v) is 36.5. The van der Waals surface area contributed by atoms with Crippen molar-refractivity contribution in [2.45, 2.75) is 88.7 Å². The lowest BCUT2D eigenvalue weighted by Gasteiger charge is -2.32. The highest BCUT2D eigenvalue weighted by Crippen LogP contribution is 2.41. The Hall–Kier alpha value is -4.06. The van der Waals surface area contributed by atoms with Crippen LogP contribution in [0.3, 0.4) is 0 Å². The molecule has 0 bridgehead atoms. The molecule has 5 rings (SSSR count). The number of nitrogens with one attached hydrogen (secondary N) is 1. The number of rotatable bonds is 23. The van der Waals surface area contributed by atoms with Crippen molar-refractivity contribution >= 4 is 30.3 Å². The van der Waals surface area contributed by atoms with Crippen molar-refractivity contribution in [3.63, 3.8) is 0 Å². The van der Waals surface area contributed by atoms with Crippen LogP contribution >= 0.6 is 8.18 Å². The van der Waals surface area contributed by atoms with Crippen LogP contribution in [0.5, 0.6) is 11.5 Å². The first kappa shape index (κ1) is 47.0. The summed E-state index contributed by atoms with van der Waals surface area (Å²) in [6, 6.07) is 23.8. The van der Waals surface area contributed by atoms with Crippen LogP contribution in [-0.2, 0) is 42.9 Å². The normalized spacial score (nSPS) is 20.9. The molecule has 2 heterocycles. The van der Waals surface area contributed by atoms with Gasteiger partial charge in [0, 0.05) is 19.6 Å². The summed E-state index contributed by atoms with van der Waals surface area (Å²) in [4.78, 5) is 26.9. The van der Waals surface area contributed by atoms with Gasteiger partial charge < -0.3 is 43.4 Å². The molecule has 3 aromatic carbocycles. The summed E-state index contributed by atoms with van der Waals surface area (Å²) in [6.45, 7) is 7.58. The van der Waals surface area contributed by atoms with Gasteiger partial charge in [0.05, 0.1) is 43.3 Å². The van der Waals surface area contributed by atoms with E-state index in [1.165, 1.54) is 28.2 Å². The maximum Gasteiger partial charge on any atom is 0.409 e. The number of alkyl carbamates (subject to hydrolysis) is 1. The average molecular weight is 876 g/mol. The fourth-order valence-electron chi connectivity index (χ4n) is 7.14. The smallest absolute Gasteiger partial charge is 0.409 e. The number of fused-ring (bicyclic) bond motifs is 1. The molecule has 0 saturated carbocycles. The second kappa shape index (κ2) is 22.7. The van der Waals surface area contributed by atoms with Crippen LogP contribution in [0, 0.1) is 11.8 Å². The van der Waals surface area contributed by atoms with Crippen LogP contribution in [-0.4, -0.2) is 112 Å². The van der Waals surface area contributed by atoms with Gasteiger partial charge in [0.25, 0.3) is 8.18 Å². The number of aliphatic hydroxyl groups excluding tert-OH is 1. The Morgan fingerprint density at radius 2 is 1.65 bits per heavy atom. The molecule has 60 heavy (non-hydrogen) atoms. The van der Waals surface area contributed by atoms with Crippen molar-refractivity contribution in [2.75, 3.05) is 46.6 Å². The van der Waals surface area contributed by atoms with Crippen LogP contribution in [0.1, 0.15) is 58.7 Å². The Morgan fingerprint density at radius 1 is 0.967 bits per heavy atom. The third-order valence-electron chi connectivity index (χ3n) is 10.1. The van der Waals surface area contributed by atoms with E-state index in [1.807, 2.05) is 19.9 Å². The number of amides is 1. The standard InChI is InChI=1S/C42H58N3O13PS/c1-6-45(59(49)58-37(40(47)53-7-2)28-55-33-16-12-9-13-17-33)39(30-14-10-8-11-15-30)43-42(48)57-38-35-24-25-54-41(35)56-36(38)23-18-31(46)27-44(26-29(3)4)60(50,51)34-21-19-32(52-5)20-22-34/h8-17,19-22,29,31,35-39,41,46,59H,6-7,18,23-28H2,1-5H3,(H,43,48)/t31?,35-,36-,37?,38+,39?,41+/m0/s1. The lowest BCUT2D eigenvalue weighted by molar-refractivity contribution is -0.152. The Balaban J connectivity index is 1.27. The summed E-state index contributed by atoms with van der Waals surface area (Å²) >= 11 is 0. The molecule has 2 saturated heterocycles. The maximum atomic E-state index is 14.0. The minimum Gasteiger partial charge on any atom is -0.497 e. The third kappa shape index (κ3) is 12.7. The zero-order valence-electron chi connectivity index (χ0n) is 34.7. The minimum atomic E-state index is -3.94.